The maximum Gasteiger partial charge on any atom is 3.00 e. The molecule has 0 saturated heterocycles. The van der Waals surface area contributed by atoms with E-state index in [2.05, 4.69) is 131 Å². The molecule has 0 aliphatic rings. The maximum atomic E-state index is 5.87. The normalized spacial score (nSPS) is 12.0. The van der Waals surface area contributed by atoms with Crippen LogP contribution in [0.15, 0.2) is 30.3 Å². The van der Waals surface area contributed by atoms with Gasteiger partial charge < -0.3 is 17.8 Å². The molecule has 0 radical (unpaired) electrons. The van der Waals surface area contributed by atoms with Crippen molar-refractivity contribution in [3.63, 3.8) is 0 Å². The van der Waals surface area contributed by atoms with Gasteiger partial charge in [-0.25, -0.2) is 11.6 Å². The van der Waals surface area contributed by atoms with E-state index in [1.807, 2.05) is 0 Å². The molecule has 0 aromatic heterocycles. The van der Waals surface area contributed by atoms with Crippen molar-refractivity contribution in [2.75, 3.05) is 7.11 Å². The first kappa shape index (κ1) is 35.1. The third-order valence-electron chi connectivity index (χ3n) is 4.55. The molecule has 0 amide bonds. The van der Waals surface area contributed by atoms with Crippen LogP contribution in [0.25, 0.3) is 0 Å². The summed E-state index contributed by atoms with van der Waals surface area (Å²) >= 11 is 0. The van der Waals surface area contributed by atoms with Gasteiger partial charge in [-0.2, -0.15) is 12.1 Å². The van der Waals surface area contributed by atoms with Crippen molar-refractivity contribution in [2.45, 2.75) is 98.6 Å². The molecular weight excluding hydrogens is 509 g/mol. The Hall–Kier alpha value is -0.0923. The number of hydrogen-bond donors (Lipinski definition) is 0. The van der Waals surface area contributed by atoms with Crippen molar-refractivity contribution in [3.8, 4) is 5.75 Å². The molecule has 2 aromatic rings. The molecule has 184 valence electrons. The first-order chi connectivity index (χ1) is 14.1. The second-order valence-electron chi connectivity index (χ2n) is 13.1. The van der Waals surface area contributed by atoms with E-state index in [0.717, 1.165) is 5.75 Å². The fourth-order valence-corrected chi connectivity index (χ4v) is 3.12. The molecule has 0 bridgehead atoms. The van der Waals surface area contributed by atoms with Crippen molar-refractivity contribution in [1.29, 1.82) is 0 Å². The Labute approximate surface area is 234 Å². The number of benzene rings is 1. The Morgan fingerprint density at radius 1 is 0.788 bits per heavy atom. The summed E-state index contributed by atoms with van der Waals surface area (Å²) in [6, 6.07) is 11.2. The number of methoxy groups -OCH3 is 1. The van der Waals surface area contributed by atoms with Crippen LogP contribution in [0.4, 0.5) is 0 Å². The van der Waals surface area contributed by atoms with Gasteiger partial charge in [0.1, 0.15) is 5.75 Å². The van der Waals surface area contributed by atoms with E-state index < -0.39 is 16.1 Å². The van der Waals surface area contributed by atoms with Crippen LogP contribution in [-0.4, -0.2) is 23.3 Å². The zero-order valence-electron chi connectivity index (χ0n) is 24.3. The van der Waals surface area contributed by atoms with Crippen LogP contribution in [0.2, 0.25) is 39.3 Å². The molecule has 0 aliphatic heterocycles. The molecule has 33 heavy (non-hydrogen) atoms. The summed E-state index contributed by atoms with van der Waals surface area (Å²) < 4.78 is 5.87. The van der Waals surface area contributed by atoms with Crippen molar-refractivity contribution < 1.29 is 37.4 Å². The second kappa shape index (κ2) is 13.3. The van der Waals surface area contributed by atoms with Crippen molar-refractivity contribution in [2.24, 2.45) is 0 Å². The number of hydrogen-bond acceptors (Lipinski definition) is 1. The molecule has 0 atom stereocenters. The minimum Gasteiger partial charge on any atom is -0.496 e. The molecular formula is C29H51OSi2Y. The average molecular weight is 561 g/mol. The van der Waals surface area contributed by atoms with Gasteiger partial charge in [0, 0.05) is 0 Å². The number of ether oxygens (including phenoxy) is 1. The van der Waals surface area contributed by atoms with E-state index in [1.165, 1.54) is 27.8 Å². The number of aryl methyl sites for hydroxylation is 2. The van der Waals surface area contributed by atoms with E-state index in [9.17, 15) is 0 Å². The molecule has 0 aliphatic carbocycles. The van der Waals surface area contributed by atoms with Crippen molar-refractivity contribution >= 4 is 16.1 Å². The Morgan fingerprint density at radius 3 is 1.48 bits per heavy atom. The summed E-state index contributed by atoms with van der Waals surface area (Å²) in [5, 5.41) is 0. The molecule has 0 spiro atoms. The first-order valence-electron chi connectivity index (χ1n) is 11.7. The predicted molar refractivity (Wildman–Crippen MR) is 153 cm³/mol. The van der Waals surface area contributed by atoms with Crippen LogP contribution in [0, 0.1) is 26.9 Å². The minimum absolute atomic E-state index is 0. The molecule has 4 heteroatoms. The van der Waals surface area contributed by atoms with Crippen LogP contribution in [0.3, 0.4) is 0 Å². The molecule has 1 nitrogen and oxygen atoms in total. The summed E-state index contributed by atoms with van der Waals surface area (Å²) in [7, 11) is 0.0652. The van der Waals surface area contributed by atoms with Crippen molar-refractivity contribution in [3.05, 3.63) is 71.2 Å². The van der Waals surface area contributed by atoms with Crippen molar-refractivity contribution in [1.82, 2.24) is 0 Å². The van der Waals surface area contributed by atoms with Crippen LogP contribution in [-0.2, 0) is 43.5 Å². The van der Waals surface area contributed by atoms with Gasteiger partial charge >= 0.3 is 32.7 Å². The molecule has 0 saturated carbocycles. The number of rotatable bonds is 3. The van der Waals surface area contributed by atoms with Gasteiger partial charge in [0.15, 0.2) is 0 Å². The van der Waals surface area contributed by atoms with Gasteiger partial charge in [-0.3, -0.25) is 0 Å². The van der Waals surface area contributed by atoms with Gasteiger partial charge in [-0.05, 0) is 28.9 Å². The Bertz CT molecular complexity index is 820. The van der Waals surface area contributed by atoms with E-state index in [1.54, 1.807) is 7.11 Å². The monoisotopic (exact) mass is 560 g/mol. The zero-order valence-corrected chi connectivity index (χ0v) is 29.1. The largest absolute Gasteiger partial charge is 3.00 e. The summed E-state index contributed by atoms with van der Waals surface area (Å²) in [5.41, 5.74) is 6.47. The van der Waals surface area contributed by atoms with Gasteiger partial charge in [-0.15, -0.1) is 21.7 Å². The Balaban J connectivity index is 0. The summed E-state index contributed by atoms with van der Waals surface area (Å²) in [6.45, 7) is 36.7. The standard InChI is InChI=1S/C21H29O.2C4H11Si.Y/c1-14-9-10-16(11-14)21(6,7)18-13-15(2)12-17(19(18)22-8)20(3,4)5;2*1-5(2,3)4;/h9-13H,1-8H3;2*1H2,2-4H3;/q3*-1;+3. The minimum atomic E-state index is -0.861. The Kier molecular flexibility index (Phi) is 14.1. The molecule has 2 rings (SSSR count). The van der Waals surface area contributed by atoms with Crippen LogP contribution in [0.1, 0.15) is 62.4 Å². The van der Waals surface area contributed by atoms with Gasteiger partial charge in [-0.1, -0.05) is 98.5 Å². The van der Waals surface area contributed by atoms with Gasteiger partial charge in [0.2, 0.25) is 0 Å². The van der Waals surface area contributed by atoms with Gasteiger partial charge in [0.05, 0.1) is 7.11 Å². The van der Waals surface area contributed by atoms with E-state index >= 15 is 0 Å². The molecule has 0 heterocycles. The first-order valence-corrected chi connectivity index (χ1v) is 19.1. The smallest absolute Gasteiger partial charge is 0.496 e. The topological polar surface area (TPSA) is 9.23 Å². The predicted octanol–water partition coefficient (Wildman–Crippen LogP) is 9.05. The van der Waals surface area contributed by atoms with Gasteiger partial charge in [0.25, 0.3) is 0 Å². The van der Waals surface area contributed by atoms with Crippen LogP contribution < -0.4 is 4.74 Å². The fourth-order valence-electron chi connectivity index (χ4n) is 3.12. The SMILES string of the molecule is COc1c(C(C)(C)C)cc(C)cc1C(C)(C)[c-]1ccc(C)c1.[CH2-][Si](C)(C)C.[CH2-][Si](C)(C)C.[Y+3]. The molecule has 0 fully saturated rings. The third-order valence-corrected chi connectivity index (χ3v) is 4.55. The maximum absolute atomic E-state index is 5.87. The fraction of sp³-hybridized carbons (Fsp3) is 0.552. The summed E-state index contributed by atoms with van der Waals surface area (Å²) in [4.78, 5) is 0. The zero-order chi connectivity index (χ0) is 25.7. The van der Waals surface area contributed by atoms with E-state index in [4.69, 9.17) is 4.74 Å². The summed E-state index contributed by atoms with van der Waals surface area (Å²) in [6.07, 6.45) is 0. The van der Waals surface area contributed by atoms with E-state index in [-0.39, 0.29) is 43.5 Å². The molecule has 0 N–H and O–H groups in total. The molecule has 0 unspecified atom stereocenters. The third kappa shape index (κ3) is 14.2. The Morgan fingerprint density at radius 2 is 1.18 bits per heavy atom. The van der Waals surface area contributed by atoms with Crippen LogP contribution in [0.5, 0.6) is 5.75 Å². The second-order valence-corrected chi connectivity index (χ2v) is 23.3. The summed E-state index contributed by atoms with van der Waals surface area (Å²) in [5.74, 6) is 1.03. The van der Waals surface area contributed by atoms with Crippen LogP contribution >= 0.6 is 0 Å². The molecule has 2 aromatic carbocycles. The quantitative estimate of drug-likeness (QED) is 0.269. The average Bonchev–Trinajstić information content (AvgIpc) is 2.97. The van der Waals surface area contributed by atoms with E-state index in [0.29, 0.717) is 0 Å².